The first-order chi connectivity index (χ1) is 14.6. The van der Waals surface area contributed by atoms with Gasteiger partial charge < -0.3 is 20.1 Å². The smallest absolute Gasteiger partial charge is 0.191 e. The van der Waals surface area contributed by atoms with Crippen LogP contribution in [0.15, 0.2) is 47.6 Å². The van der Waals surface area contributed by atoms with Gasteiger partial charge in [-0.05, 0) is 39.0 Å². The molecule has 1 aliphatic heterocycles. The lowest BCUT2D eigenvalue weighted by atomic mass is 10.0. The van der Waals surface area contributed by atoms with E-state index in [0.717, 1.165) is 35.9 Å². The largest absolute Gasteiger partial charge is 0.488 e. The Labute approximate surface area is 199 Å². The van der Waals surface area contributed by atoms with Gasteiger partial charge in [-0.15, -0.1) is 34.2 Å². The lowest BCUT2D eigenvalue weighted by molar-refractivity contribution is 0.132. The van der Waals surface area contributed by atoms with E-state index in [-0.39, 0.29) is 29.6 Å². The number of benzene rings is 1. The summed E-state index contributed by atoms with van der Waals surface area (Å²) >= 11 is 0. The molecule has 2 aromatic heterocycles. The SMILES string of the molecule is CCNC(=NCc1nnc2ccccn12)NCCOc1cccc2c1OC(C)(C)C2.I. The first-order valence-corrected chi connectivity index (χ1v) is 10.3. The van der Waals surface area contributed by atoms with Gasteiger partial charge in [0, 0.05) is 24.7 Å². The van der Waals surface area contributed by atoms with Gasteiger partial charge in [-0.2, -0.15) is 0 Å². The van der Waals surface area contributed by atoms with Crippen LogP contribution in [0.5, 0.6) is 11.5 Å². The topological polar surface area (TPSA) is 85.1 Å². The molecule has 166 valence electrons. The van der Waals surface area contributed by atoms with Crippen molar-refractivity contribution in [2.45, 2.75) is 39.3 Å². The van der Waals surface area contributed by atoms with Crippen molar-refractivity contribution in [2.75, 3.05) is 19.7 Å². The minimum atomic E-state index is -0.184. The average molecular weight is 536 g/mol. The summed E-state index contributed by atoms with van der Waals surface area (Å²) in [6, 6.07) is 11.9. The first-order valence-electron chi connectivity index (χ1n) is 10.3. The third kappa shape index (κ3) is 5.57. The van der Waals surface area contributed by atoms with Crippen LogP contribution in [0.4, 0.5) is 0 Å². The molecule has 0 fully saturated rings. The van der Waals surface area contributed by atoms with Gasteiger partial charge in [0.25, 0.3) is 0 Å². The molecular formula is C22H29IN6O2. The standard InChI is InChI=1S/C22H28N6O2.HI/c1-4-23-21(25-15-19-27-26-18-10-5-6-12-28(18)19)24-11-13-29-17-9-7-8-16-14-22(2,3)30-20(16)17;/h5-10,12H,4,11,13-15H2,1-3H3,(H2,23,24,25);1H. The Bertz CT molecular complexity index is 1050. The van der Waals surface area contributed by atoms with E-state index in [2.05, 4.69) is 45.7 Å². The van der Waals surface area contributed by atoms with Gasteiger partial charge in [0.15, 0.2) is 28.9 Å². The Kier molecular flexibility index (Phi) is 7.58. The van der Waals surface area contributed by atoms with Crippen LogP contribution in [0, 0.1) is 0 Å². The predicted octanol–water partition coefficient (Wildman–Crippen LogP) is 3.19. The van der Waals surface area contributed by atoms with Gasteiger partial charge in [-0.1, -0.05) is 18.2 Å². The van der Waals surface area contributed by atoms with Crippen LogP contribution in [-0.4, -0.2) is 45.9 Å². The van der Waals surface area contributed by atoms with Crippen molar-refractivity contribution in [2.24, 2.45) is 4.99 Å². The third-order valence-corrected chi connectivity index (χ3v) is 4.81. The van der Waals surface area contributed by atoms with Gasteiger partial charge in [0.2, 0.25) is 0 Å². The van der Waals surface area contributed by atoms with E-state index in [4.69, 9.17) is 9.47 Å². The highest BCUT2D eigenvalue weighted by Crippen LogP contribution is 2.41. The van der Waals surface area contributed by atoms with Crippen molar-refractivity contribution >= 4 is 35.6 Å². The van der Waals surface area contributed by atoms with E-state index in [9.17, 15) is 0 Å². The zero-order valence-electron chi connectivity index (χ0n) is 18.1. The predicted molar refractivity (Wildman–Crippen MR) is 132 cm³/mol. The first kappa shape index (κ1) is 23.1. The Hall–Kier alpha value is -2.56. The lowest BCUT2D eigenvalue weighted by Crippen LogP contribution is -2.39. The molecule has 0 bridgehead atoms. The highest BCUT2D eigenvalue weighted by Gasteiger charge is 2.32. The number of guanidine groups is 1. The zero-order chi connectivity index (χ0) is 21.0. The Morgan fingerprint density at radius 3 is 2.90 bits per heavy atom. The summed E-state index contributed by atoms with van der Waals surface area (Å²) in [5, 5.41) is 14.9. The summed E-state index contributed by atoms with van der Waals surface area (Å²) in [5.74, 6) is 3.15. The van der Waals surface area contributed by atoms with Crippen molar-refractivity contribution in [1.82, 2.24) is 25.2 Å². The van der Waals surface area contributed by atoms with Gasteiger partial charge in [-0.3, -0.25) is 4.40 Å². The van der Waals surface area contributed by atoms with Crippen LogP contribution in [-0.2, 0) is 13.0 Å². The number of aliphatic imine (C=N–C) groups is 1. The molecule has 0 unspecified atom stereocenters. The molecule has 0 spiro atoms. The molecule has 0 radical (unpaired) electrons. The number of hydrogen-bond acceptors (Lipinski definition) is 5. The van der Waals surface area contributed by atoms with Crippen molar-refractivity contribution in [1.29, 1.82) is 0 Å². The summed E-state index contributed by atoms with van der Waals surface area (Å²) in [4.78, 5) is 4.62. The van der Waals surface area contributed by atoms with Crippen molar-refractivity contribution in [3.05, 3.63) is 54.0 Å². The molecule has 0 atom stereocenters. The monoisotopic (exact) mass is 536 g/mol. The van der Waals surface area contributed by atoms with Gasteiger partial charge in [0.05, 0.1) is 6.54 Å². The molecule has 0 saturated carbocycles. The molecule has 1 aromatic carbocycles. The Balaban J connectivity index is 0.00000272. The average Bonchev–Trinajstić information content (AvgIpc) is 3.28. The maximum atomic E-state index is 6.06. The molecule has 3 aromatic rings. The number of hydrogen-bond donors (Lipinski definition) is 2. The van der Waals surface area contributed by atoms with E-state index in [0.29, 0.717) is 25.7 Å². The Morgan fingerprint density at radius 1 is 1.19 bits per heavy atom. The maximum absolute atomic E-state index is 6.06. The normalized spacial score (nSPS) is 14.5. The van der Waals surface area contributed by atoms with Crippen LogP contribution >= 0.6 is 24.0 Å². The van der Waals surface area contributed by atoms with Crippen LogP contribution in [0.1, 0.15) is 32.2 Å². The maximum Gasteiger partial charge on any atom is 0.191 e. The molecular weight excluding hydrogens is 507 g/mol. The summed E-state index contributed by atoms with van der Waals surface area (Å²) in [6.07, 6.45) is 2.84. The van der Waals surface area contributed by atoms with E-state index in [1.165, 1.54) is 5.56 Å². The van der Waals surface area contributed by atoms with E-state index < -0.39 is 0 Å². The second-order valence-corrected chi connectivity index (χ2v) is 7.80. The number of fused-ring (bicyclic) bond motifs is 2. The number of halogens is 1. The molecule has 4 rings (SSSR count). The van der Waals surface area contributed by atoms with Crippen molar-refractivity contribution in [3.8, 4) is 11.5 Å². The number of nitrogens with zero attached hydrogens (tertiary/aromatic N) is 4. The molecule has 31 heavy (non-hydrogen) atoms. The Morgan fingerprint density at radius 2 is 2.06 bits per heavy atom. The molecule has 1 aliphatic rings. The molecule has 0 amide bonds. The van der Waals surface area contributed by atoms with E-state index in [1.54, 1.807) is 0 Å². The fourth-order valence-corrected chi connectivity index (χ4v) is 3.52. The van der Waals surface area contributed by atoms with Crippen LogP contribution in [0.3, 0.4) is 0 Å². The molecule has 9 heteroatoms. The summed E-state index contributed by atoms with van der Waals surface area (Å²) < 4.78 is 14.0. The van der Waals surface area contributed by atoms with Gasteiger partial charge in [0.1, 0.15) is 18.8 Å². The van der Waals surface area contributed by atoms with Crippen LogP contribution < -0.4 is 20.1 Å². The highest BCUT2D eigenvalue weighted by molar-refractivity contribution is 14.0. The van der Waals surface area contributed by atoms with Crippen molar-refractivity contribution < 1.29 is 9.47 Å². The molecule has 0 aliphatic carbocycles. The van der Waals surface area contributed by atoms with Crippen LogP contribution in [0.2, 0.25) is 0 Å². The number of aromatic nitrogens is 3. The summed E-state index contributed by atoms with van der Waals surface area (Å²) in [6.45, 7) is 8.52. The number of ether oxygens (including phenoxy) is 2. The number of rotatable bonds is 7. The molecule has 8 nitrogen and oxygen atoms in total. The fourth-order valence-electron chi connectivity index (χ4n) is 3.52. The number of pyridine rings is 1. The minimum absolute atomic E-state index is 0. The number of nitrogens with one attached hydrogen (secondary N) is 2. The van der Waals surface area contributed by atoms with Gasteiger partial charge >= 0.3 is 0 Å². The highest BCUT2D eigenvalue weighted by atomic mass is 127. The quantitative estimate of drug-likeness (QED) is 0.209. The summed E-state index contributed by atoms with van der Waals surface area (Å²) in [5.41, 5.74) is 1.83. The second-order valence-electron chi connectivity index (χ2n) is 7.80. The lowest BCUT2D eigenvalue weighted by Gasteiger charge is -2.18. The zero-order valence-corrected chi connectivity index (χ0v) is 20.4. The summed E-state index contributed by atoms with van der Waals surface area (Å²) in [7, 11) is 0. The molecule has 0 saturated heterocycles. The van der Waals surface area contributed by atoms with Crippen LogP contribution in [0.25, 0.3) is 5.65 Å². The van der Waals surface area contributed by atoms with Gasteiger partial charge in [-0.25, -0.2) is 4.99 Å². The van der Waals surface area contributed by atoms with E-state index >= 15 is 0 Å². The van der Waals surface area contributed by atoms with E-state index in [1.807, 2.05) is 47.9 Å². The molecule has 3 heterocycles. The fraction of sp³-hybridized carbons (Fsp3) is 0.409. The third-order valence-electron chi connectivity index (χ3n) is 4.81. The molecule has 2 N–H and O–H groups in total. The minimum Gasteiger partial charge on any atom is -0.488 e. The van der Waals surface area contributed by atoms with Crippen molar-refractivity contribution in [3.63, 3.8) is 0 Å². The number of para-hydroxylation sites is 1. The second kappa shape index (κ2) is 10.2.